The number of carboxylic acid groups (broad SMARTS) is 1. The highest BCUT2D eigenvalue weighted by atomic mass is 35.5. The first-order valence-corrected chi connectivity index (χ1v) is 7.30. The molecular weight excluding hydrogens is 322 g/mol. The Morgan fingerprint density at radius 3 is 2.74 bits per heavy atom. The number of amides is 3. The van der Waals surface area contributed by atoms with Crippen LogP contribution < -0.4 is 5.32 Å². The van der Waals surface area contributed by atoms with Gasteiger partial charge in [0.15, 0.2) is 0 Å². The first-order valence-electron chi connectivity index (χ1n) is 6.93. The minimum absolute atomic E-state index is 0.0886. The molecule has 2 N–H and O–H groups in total. The van der Waals surface area contributed by atoms with Crippen molar-refractivity contribution in [1.29, 1.82) is 0 Å². The molecule has 2 aliphatic rings. The Morgan fingerprint density at radius 1 is 1.39 bits per heavy atom. The zero-order chi connectivity index (χ0) is 16.7. The van der Waals surface area contributed by atoms with Crippen LogP contribution >= 0.6 is 11.6 Å². The average molecular weight is 336 g/mol. The molecule has 0 aliphatic carbocycles. The van der Waals surface area contributed by atoms with Crippen LogP contribution in [0.3, 0.4) is 0 Å². The summed E-state index contributed by atoms with van der Waals surface area (Å²) >= 11 is 6.19. The summed E-state index contributed by atoms with van der Waals surface area (Å²) in [6.45, 7) is -0.325. The monoisotopic (exact) mass is 335 g/mol. The molecule has 0 fully saturated rings. The van der Waals surface area contributed by atoms with Crippen LogP contribution in [0.1, 0.15) is 11.6 Å². The molecule has 8 heteroatoms. The van der Waals surface area contributed by atoms with Crippen molar-refractivity contribution in [3.8, 4) is 0 Å². The van der Waals surface area contributed by atoms with Gasteiger partial charge in [0.1, 0.15) is 6.54 Å². The number of carbonyl (C=O) groups excluding carboxylic acids is 2. The predicted molar refractivity (Wildman–Crippen MR) is 81.7 cm³/mol. The number of benzene rings is 1. The van der Waals surface area contributed by atoms with Gasteiger partial charge in [0.05, 0.1) is 23.9 Å². The lowest BCUT2D eigenvalue weighted by Crippen LogP contribution is -2.45. The van der Waals surface area contributed by atoms with Gasteiger partial charge in [0, 0.05) is 12.1 Å². The second-order valence-electron chi connectivity index (χ2n) is 5.38. The zero-order valence-corrected chi connectivity index (χ0v) is 13.0. The van der Waals surface area contributed by atoms with Crippen LogP contribution in [0.5, 0.6) is 0 Å². The molecule has 1 aromatic carbocycles. The van der Waals surface area contributed by atoms with Crippen molar-refractivity contribution >= 4 is 29.5 Å². The Kier molecular flexibility index (Phi) is 3.73. The molecule has 1 aromatic rings. The van der Waals surface area contributed by atoms with Crippen molar-refractivity contribution in [2.45, 2.75) is 6.04 Å². The predicted octanol–water partition coefficient (Wildman–Crippen LogP) is 1.22. The van der Waals surface area contributed by atoms with Crippen LogP contribution in [0.15, 0.2) is 35.5 Å². The quantitative estimate of drug-likeness (QED) is 0.869. The maximum absolute atomic E-state index is 12.6. The molecule has 23 heavy (non-hydrogen) atoms. The van der Waals surface area contributed by atoms with Crippen LogP contribution in [0.4, 0.5) is 4.79 Å². The van der Waals surface area contributed by atoms with Crippen molar-refractivity contribution in [2.75, 3.05) is 20.1 Å². The average Bonchev–Trinajstić information content (AvgIpc) is 2.81. The van der Waals surface area contributed by atoms with Crippen LogP contribution in [0.25, 0.3) is 0 Å². The van der Waals surface area contributed by atoms with Gasteiger partial charge in [-0.25, -0.2) is 4.79 Å². The Hall–Kier alpha value is -2.54. The molecule has 0 saturated heterocycles. The second kappa shape index (κ2) is 5.58. The molecule has 3 rings (SSSR count). The molecule has 0 saturated carbocycles. The number of hydrogen-bond acceptors (Lipinski definition) is 3. The number of nitrogens with one attached hydrogen (secondary N) is 1. The minimum atomic E-state index is -1.10. The maximum atomic E-state index is 12.6. The molecule has 0 aromatic heterocycles. The van der Waals surface area contributed by atoms with E-state index >= 15 is 0 Å². The summed E-state index contributed by atoms with van der Waals surface area (Å²) in [6, 6.07) is 5.88. The Labute approximate surface area is 137 Å². The lowest BCUT2D eigenvalue weighted by molar-refractivity contribution is -0.142. The summed E-state index contributed by atoms with van der Waals surface area (Å²) in [6.07, 6.45) is 0. The van der Waals surface area contributed by atoms with Crippen molar-refractivity contribution in [3.05, 3.63) is 46.1 Å². The smallest absolute Gasteiger partial charge is 0.323 e. The van der Waals surface area contributed by atoms with E-state index in [4.69, 9.17) is 16.7 Å². The summed E-state index contributed by atoms with van der Waals surface area (Å²) in [5.74, 6) is -1.51. The third-order valence-corrected chi connectivity index (χ3v) is 4.32. The first-order chi connectivity index (χ1) is 10.9. The number of urea groups is 1. The highest BCUT2D eigenvalue weighted by Crippen LogP contribution is 2.37. The fourth-order valence-corrected chi connectivity index (χ4v) is 3.10. The number of hydrogen-bond donors (Lipinski definition) is 2. The summed E-state index contributed by atoms with van der Waals surface area (Å²) in [7, 11) is 1.55. The van der Waals surface area contributed by atoms with Gasteiger partial charge in [-0.2, -0.15) is 0 Å². The fraction of sp³-hybridized carbons (Fsp3) is 0.267. The van der Waals surface area contributed by atoms with E-state index < -0.39 is 24.5 Å². The topological polar surface area (TPSA) is 90.0 Å². The van der Waals surface area contributed by atoms with E-state index in [-0.39, 0.29) is 12.6 Å². The van der Waals surface area contributed by atoms with Gasteiger partial charge in [-0.15, -0.1) is 0 Å². The number of aliphatic carboxylic acids is 1. The summed E-state index contributed by atoms with van der Waals surface area (Å²) in [5, 5.41) is 12.1. The standard InChI is InChI=1S/C15H14ClN3O4/c1-18-10-6-19(7-11(20)21)14(22)12(10)13(17-15(18)23)8-4-2-3-5-9(8)16/h2-5,13H,6-7H2,1H3,(H,17,23)(H,20,21). The van der Waals surface area contributed by atoms with Crippen LogP contribution in [0, 0.1) is 0 Å². The highest BCUT2D eigenvalue weighted by Gasteiger charge is 2.43. The number of likely N-dealkylation sites (N-methyl/N-ethyl adjacent to an activating group) is 1. The van der Waals surface area contributed by atoms with E-state index in [1.807, 2.05) is 0 Å². The minimum Gasteiger partial charge on any atom is -0.480 e. The normalized spacial score (nSPS) is 20.7. The molecule has 0 spiro atoms. The van der Waals surface area contributed by atoms with Crippen LogP contribution in [0.2, 0.25) is 5.02 Å². The van der Waals surface area contributed by atoms with Gasteiger partial charge in [-0.1, -0.05) is 29.8 Å². The van der Waals surface area contributed by atoms with Crippen molar-refractivity contribution in [3.63, 3.8) is 0 Å². The van der Waals surface area contributed by atoms with Crippen LogP contribution in [-0.2, 0) is 9.59 Å². The molecule has 1 unspecified atom stereocenters. The largest absolute Gasteiger partial charge is 0.480 e. The van der Waals surface area contributed by atoms with Crippen LogP contribution in [-0.4, -0.2) is 53.0 Å². The molecule has 2 aliphatic heterocycles. The van der Waals surface area contributed by atoms with E-state index in [2.05, 4.69) is 5.32 Å². The van der Waals surface area contributed by atoms with Crippen molar-refractivity contribution < 1.29 is 19.5 Å². The number of carbonyl (C=O) groups is 3. The zero-order valence-electron chi connectivity index (χ0n) is 12.2. The molecular formula is C15H14ClN3O4. The second-order valence-corrected chi connectivity index (χ2v) is 5.79. The van der Waals surface area contributed by atoms with Gasteiger partial charge >= 0.3 is 12.0 Å². The van der Waals surface area contributed by atoms with E-state index in [9.17, 15) is 14.4 Å². The number of nitrogens with zero attached hydrogens (tertiary/aromatic N) is 2. The fourth-order valence-electron chi connectivity index (χ4n) is 2.86. The van der Waals surface area contributed by atoms with E-state index in [1.54, 1.807) is 31.3 Å². The van der Waals surface area contributed by atoms with Crippen molar-refractivity contribution in [2.24, 2.45) is 0 Å². The SMILES string of the molecule is CN1C(=O)NC(c2ccccc2Cl)C2=C1CN(CC(=O)O)C2=O. The lowest BCUT2D eigenvalue weighted by atomic mass is 9.96. The number of rotatable bonds is 3. The van der Waals surface area contributed by atoms with E-state index in [0.29, 0.717) is 21.9 Å². The van der Waals surface area contributed by atoms with Gasteiger partial charge in [-0.05, 0) is 11.6 Å². The number of carboxylic acids is 1. The first kappa shape index (κ1) is 15.4. The molecule has 0 bridgehead atoms. The van der Waals surface area contributed by atoms with Gasteiger partial charge in [0.25, 0.3) is 5.91 Å². The summed E-state index contributed by atoms with van der Waals surface area (Å²) in [4.78, 5) is 38.2. The third-order valence-electron chi connectivity index (χ3n) is 3.98. The van der Waals surface area contributed by atoms with Crippen molar-refractivity contribution in [1.82, 2.24) is 15.1 Å². The highest BCUT2D eigenvalue weighted by molar-refractivity contribution is 6.31. The lowest BCUT2D eigenvalue weighted by Gasteiger charge is -2.31. The number of halogens is 1. The summed E-state index contributed by atoms with van der Waals surface area (Å²) in [5.41, 5.74) is 1.47. The third kappa shape index (κ3) is 2.53. The van der Waals surface area contributed by atoms with E-state index in [0.717, 1.165) is 0 Å². The molecule has 1 atom stereocenters. The maximum Gasteiger partial charge on any atom is 0.323 e. The van der Waals surface area contributed by atoms with Gasteiger partial charge in [0.2, 0.25) is 0 Å². The molecule has 120 valence electrons. The Bertz CT molecular complexity index is 746. The molecule has 7 nitrogen and oxygen atoms in total. The summed E-state index contributed by atoms with van der Waals surface area (Å²) < 4.78 is 0. The van der Waals surface area contributed by atoms with Gasteiger partial charge < -0.3 is 15.3 Å². The molecule has 3 amide bonds. The molecule has 2 heterocycles. The van der Waals surface area contributed by atoms with E-state index in [1.165, 1.54) is 9.80 Å². The molecule has 0 radical (unpaired) electrons. The van der Waals surface area contributed by atoms with Gasteiger partial charge in [-0.3, -0.25) is 14.5 Å². The Balaban J connectivity index is 2.05. The Morgan fingerprint density at radius 2 is 2.09 bits per heavy atom.